The second-order valence-corrected chi connectivity index (χ2v) is 17.8. The summed E-state index contributed by atoms with van der Waals surface area (Å²) < 4.78 is 24.5. The Balaban J connectivity index is 1.48. The Morgan fingerprint density at radius 1 is 0.984 bits per heavy atom. The number of hydrogen-bond donors (Lipinski definition) is 5. The highest BCUT2D eigenvalue weighted by Crippen LogP contribution is 2.64. The molecule has 14 nitrogen and oxygen atoms in total. The van der Waals surface area contributed by atoms with Crippen LogP contribution in [0.2, 0.25) is 0 Å². The Labute approximate surface area is 362 Å². The van der Waals surface area contributed by atoms with Crippen LogP contribution in [0, 0.1) is 16.7 Å². The van der Waals surface area contributed by atoms with E-state index < -0.39 is 107 Å². The molecule has 1 amide bonds. The zero-order chi connectivity index (χ0) is 45.4. The Kier molecular flexibility index (Phi) is 13.5. The van der Waals surface area contributed by atoms with Crippen LogP contribution in [-0.4, -0.2) is 104 Å². The topological polar surface area (TPSA) is 215 Å². The SMILES string of the molecule is C=CCCCCC(=O)N[C@@H](c1ccccc1)[C@@H](O)C(=O)O[C@H]1C[C@@]2(O)[C@@H](OC(=O)c3ccccc3CC=C)C3[C@](C)(C(=O)[C@H](O)C(=C1C)C2(C)C)[C@@H](O)C[C@H]1OC[C@@]31OC(C)=O. The average molecular weight is 858 g/mol. The van der Waals surface area contributed by atoms with E-state index in [9.17, 15) is 39.6 Å². The molecule has 2 aromatic rings. The fraction of sp³-hybridized carbons (Fsp3) is 0.521. The fourth-order valence-corrected chi connectivity index (χ4v) is 10.4. The van der Waals surface area contributed by atoms with E-state index in [0.717, 1.165) is 6.92 Å². The summed E-state index contributed by atoms with van der Waals surface area (Å²) in [5, 5.41) is 52.3. The number of nitrogens with one attached hydrogen (secondary N) is 1. The predicted molar refractivity (Wildman–Crippen MR) is 225 cm³/mol. The molecule has 3 aliphatic carbocycles. The van der Waals surface area contributed by atoms with Crippen molar-refractivity contribution in [1.29, 1.82) is 0 Å². The van der Waals surface area contributed by atoms with Gasteiger partial charge in [-0.2, -0.15) is 0 Å². The number of unbranched alkanes of at least 4 members (excludes halogenated alkanes) is 2. The smallest absolute Gasteiger partial charge is 0.338 e. The van der Waals surface area contributed by atoms with Gasteiger partial charge < -0.3 is 44.7 Å². The number of carbonyl (C=O) groups is 5. The third-order valence-electron chi connectivity index (χ3n) is 13.9. The standard InChI is InChI=1S/C48H59NO13/c1-8-10-11-15-23-35(52)49-37(30-20-13-12-14-21-30)39(54)44(57)60-32-25-48(58)42(61-43(56)31-22-17-16-19-29(31)18-9-2)40-46(7,41(55)38(53)36(27(32)3)45(48,5)6)33(51)24-34-47(40,26-59-34)62-28(4)50/h8-9,12-14,16-17,19-22,32-34,37-40,42,51,53-54,58H,1-2,10-11,15,18,23-26H2,3-7H3,(H,49,52)/t32-,33-,34+,37-,38+,39+,40?,42-,46+,47-,48+/m0/s1. The lowest BCUT2D eigenvalue weighted by molar-refractivity contribution is -0.346. The van der Waals surface area contributed by atoms with Crippen LogP contribution in [0.4, 0.5) is 0 Å². The number of hydrogen-bond acceptors (Lipinski definition) is 13. The Hall–Kier alpha value is -4.99. The summed E-state index contributed by atoms with van der Waals surface area (Å²) in [7, 11) is 0. The minimum absolute atomic E-state index is 0.0514. The summed E-state index contributed by atoms with van der Waals surface area (Å²) in [6, 6.07) is 13.7. The summed E-state index contributed by atoms with van der Waals surface area (Å²) in [5.41, 5.74) is -6.58. The molecule has 2 saturated carbocycles. The maximum atomic E-state index is 15.1. The lowest BCUT2D eigenvalue weighted by atomic mass is 9.44. The molecule has 3 fully saturated rings. The van der Waals surface area contributed by atoms with E-state index in [2.05, 4.69) is 18.5 Å². The van der Waals surface area contributed by atoms with Crippen LogP contribution in [0.25, 0.3) is 0 Å². The number of aliphatic hydroxyl groups is 4. The molecule has 11 atom stereocenters. The van der Waals surface area contributed by atoms with Gasteiger partial charge in [-0.15, -0.1) is 13.2 Å². The predicted octanol–water partition coefficient (Wildman–Crippen LogP) is 4.33. The maximum Gasteiger partial charge on any atom is 0.338 e. The summed E-state index contributed by atoms with van der Waals surface area (Å²) in [5.74, 6) is -5.72. The van der Waals surface area contributed by atoms with E-state index in [1.54, 1.807) is 74.5 Å². The van der Waals surface area contributed by atoms with Crippen LogP contribution in [0.1, 0.15) is 101 Å². The van der Waals surface area contributed by atoms with Gasteiger partial charge in [0, 0.05) is 31.6 Å². The first kappa shape index (κ1) is 46.5. The Morgan fingerprint density at radius 2 is 1.66 bits per heavy atom. The average Bonchev–Trinajstić information content (AvgIpc) is 3.23. The number of ketones is 1. The number of aliphatic hydroxyl groups excluding tert-OH is 3. The van der Waals surface area contributed by atoms with Crippen LogP contribution >= 0.6 is 0 Å². The first-order valence-corrected chi connectivity index (χ1v) is 21.2. The summed E-state index contributed by atoms with van der Waals surface area (Å²) in [6.45, 7) is 14.4. The molecule has 6 rings (SSSR count). The number of rotatable bonds is 15. The summed E-state index contributed by atoms with van der Waals surface area (Å²) in [6.07, 6.45) is -4.78. The maximum absolute atomic E-state index is 15.1. The van der Waals surface area contributed by atoms with Crippen molar-refractivity contribution in [1.82, 2.24) is 5.32 Å². The quantitative estimate of drug-likeness (QED) is 0.0731. The van der Waals surface area contributed by atoms with Crippen molar-refractivity contribution >= 4 is 29.6 Å². The van der Waals surface area contributed by atoms with Crippen molar-refractivity contribution in [2.75, 3.05) is 6.61 Å². The molecule has 2 bridgehead atoms. The number of esters is 3. The third-order valence-corrected chi connectivity index (χ3v) is 13.9. The highest BCUT2D eigenvalue weighted by Gasteiger charge is 2.78. The van der Waals surface area contributed by atoms with E-state index in [1.807, 2.05) is 0 Å². The van der Waals surface area contributed by atoms with Crippen molar-refractivity contribution in [2.45, 2.75) is 133 Å². The first-order valence-electron chi connectivity index (χ1n) is 21.2. The van der Waals surface area contributed by atoms with Crippen molar-refractivity contribution in [2.24, 2.45) is 16.7 Å². The number of allylic oxidation sites excluding steroid dienone is 2. The van der Waals surface area contributed by atoms with Crippen molar-refractivity contribution in [3.05, 3.63) is 108 Å². The zero-order valence-electron chi connectivity index (χ0n) is 36.0. The number of fused-ring (bicyclic) bond motifs is 5. The number of ether oxygens (including phenoxy) is 4. The molecule has 14 heteroatoms. The molecule has 0 radical (unpaired) electrons. The van der Waals surface area contributed by atoms with Gasteiger partial charge in [-0.25, -0.2) is 9.59 Å². The molecule has 4 aliphatic rings. The molecule has 2 aromatic carbocycles. The monoisotopic (exact) mass is 857 g/mol. The van der Waals surface area contributed by atoms with Crippen molar-refractivity contribution < 1.29 is 63.3 Å². The first-order chi connectivity index (χ1) is 29.3. The molecule has 62 heavy (non-hydrogen) atoms. The fourth-order valence-electron chi connectivity index (χ4n) is 10.4. The molecule has 0 aromatic heterocycles. The molecule has 1 unspecified atom stereocenters. The molecular weight excluding hydrogens is 799 g/mol. The van der Waals surface area contributed by atoms with Gasteiger partial charge >= 0.3 is 17.9 Å². The van der Waals surface area contributed by atoms with Gasteiger partial charge in [-0.1, -0.05) is 74.5 Å². The Morgan fingerprint density at radius 3 is 2.29 bits per heavy atom. The second kappa shape index (κ2) is 18.0. The summed E-state index contributed by atoms with van der Waals surface area (Å²) in [4.78, 5) is 70.0. The molecular formula is C48H59NO13. The second-order valence-electron chi connectivity index (χ2n) is 17.8. The lowest BCUT2D eigenvalue weighted by Crippen LogP contribution is -2.81. The molecule has 334 valence electrons. The van der Waals surface area contributed by atoms with E-state index in [0.29, 0.717) is 30.4 Å². The zero-order valence-corrected chi connectivity index (χ0v) is 36.0. The molecule has 0 spiro atoms. The van der Waals surface area contributed by atoms with Crippen LogP contribution in [-0.2, 0) is 44.5 Å². The molecule has 5 N–H and O–H groups in total. The van der Waals surface area contributed by atoms with Crippen molar-refractivity contribution in [3.8, 4) is 0 Å². The number of carbonyl (C=O) groups excluding carboxylic acids is 5. The minimum atomic E-state index is -2.36. The van der Waals surface area contributed by atoms with E-state index >= 15 is 4.79 Å². The molecule has 1 saturated heterocycles. The van der Waals surface area contributed by atoms with E-state index in [-0.39, 0.29) is 42.6 Å². The van der Waals surface area contributed by atoms with Crippen LogP contribution < -0.4 is 5.32 Å². The van der Waals surface area contributed by atoms with Gasteiger partial charge in [0.05, 0.1) is 35.6 Å². The van der Waals surface area contributed by atoms with Gasteiger partial charge in [0.1, 0.15) is 30.0 Å². The van der Waals surface area contributed by atoms with Crippen molar-refractivity contribution in [3.63, 3.8) is 0 Å². The lowest BCUT2D eigenvalue weighted by Gasteiger charge is -2.67. The third kappa shape index (κ3) is 7.96. The highest BCUT2D eigenvalue weighted by atomic mass is 16.6. The van der Waals surface area contributed by atoms with Gasteiger partial charge in [-0.3, -0.25) is 14.4 Å². The number of benzene rings is 2. The summed E-state index contributed by atoms with van der Waals surface area (Å²) >= 11 is 0. The highest BCUT2D eigenvalue weighted by molar-refractivity contribution is 5.94. The molecule has 1 heterocycles. The molecule has 1 aliphatic heterocycles. The van der Waals surface area contributed by atoms with Gasteiger partial charge in [0.15, 0.2) is 17.5 Å². The normalized spacial score (nSPS) is 31.9. The van der Waals surface area contributed by atoms with Crippen LogP contribution in [0.15, 0.2) is 91.1 Å². The van der Waals surface area contributed by atoms with E-state index in [4.69, 9.17) is 18.9 Å². The van der Waals surface area contributed by atoms with Gasteiger partial charge in [-0.05, 0) is 67.9 Å². The van der Waals surface area contributed by atoms with Crippen LogP contribution in [0.3, 0.4) is 0 Å². The largest absolute Gasteiger partial charge is 0.456 e. The van der Waals surface area contributed by atoms with Gasteiger partial charge in [0.2, 0.25) is 5.91 Å². The van der Waals surface area contributed by atoms with E-state index in [1.165, 1.54) is 19.9 Å². The van der Waals surface area contributed by atoms with Gasteiger partial charge in [0.25, 0.3) is 0 Å². The Bertz CT molecular complexity index is 2110. The van der Waals surface area contributed by atoms with Crippen LogP contribution in [0.5, 0.6) is 0 Å². The minimum Gasteiger partial charge on any atom is -0.456 e. The number of Topliss-reactive ketones (excluding diaryl/α,β-unsaturated/α-hetero) is 1. The number of amides is 1.